The van der Waals surface area contributed by atoms with Crippen LogP contribution in [0.2, 0.25) is 0 Å². The molecule has 3 rings (SSSR count). The first-order valence-corrected chi connectivity index (χ1v) is 18.8. The van der Waals surface area contributed by atoms with Gasteiger partial charge in [-0.3, -0.25) is 19.2 Å². The number of hydrogen-bond acceptors (Lipinski definition) is 7. The first-order valence-electron chi connectivity index (χ1n) is 17.2. The van der Waals surface area contributed by atoms with Gasteiger partial charge in [0.2, 0.25) is 27.6 Å². The Bertz CT molecular complexity index is 1370. The van der Waals surface area contributed by atoms with Crippen molar-refractivity contribution >= 4 is 39.6 Å². The number of hydrogen-bond donors (Lipinski definition) is 4. The number of nitrogens with one attached hydrogen (secondary N) is 4. The molecule has 3 aliphatic rings. The third-order valence-electron chi connectivity index (χ3n) is 10.2. The average Bonchev–Trinajstić information content (AvgIpc) is 3.26. The van der Waals surface area contributed by atoms with Crippen molar-refractivity contribution in [2.45, 2.75) is 112 Å². The Kier molecular flexibility index (Phi) is 12.2. The lowest BCUT2D eigenvalue weighted by Crippen LogP contribution is -2.62. The highest BCUT2D eigenvalue weighted by Crippen LogP contribution is 2.65. The zero-order valence-corrected chi connectivity index (χ0v) is 31.1. The maximum atomic E-state index is 14.4. The molecule has 2 unspecified atom stereocenters. The van der Waals surface area contributed by atoms with Gasteiger partial charge in [0.1, 0.15) is 12.1 Å². The lowest BCUT2D eigenvalue weighted by atomic mass is 9.85. The topological polar surface area (TPSA) is 174 Å². The Hall–Kier alpha value is -3.00. The number of urea groups is 1. The van der Waals surface area contributed by atoms with Crippen LogP contribution >= 0.6 is 0 Å². The van der Waals surface area contributed by atoms with Gasteiger partial charge < -0.3 is 26.2 Å². The fourth-order valence-corrected chi connectivity index (χ4v) is 8.47. The number of rotatable bonds is 14. The monoisotopic (exact) mass is 694 g/mol. The van der Waals surface area contributed by atoms with Crippen LogP contribution in [0.4, 0.5) is 4.79 Å². The number of amides is 5. The number of nitrogens with zero attached hydrogens (tertiary/aromatic N) is 2. The maximum absolute atomic E-state index is 14.4. The van der Waals surface area contributed by atoms with E-state index in [9.17, 15) is 32.4 Å². The van der Waals surface area contributed by atoms with Crippen molar-refractivity contribution in [3.05, 3.63) is 12.7 Å². The van der Waals surface area contributed by atoms with Crippen LogP contribution in [-0.2, 0) is 29.2 Å². The molecule has 2 heterocycles. The predicted molar refractivity (Wildman–Crippen MR) is 184 cm³/mol. The molecular formula is C34H58N6O7S. The molecule has 2 aliphatic heterocycles. The summed E-state index contributed by atoms with van der Waals surface area (Å²) < 4.78 is 26.4. The highest BCUT2D eigenvalue weighted by Gasteiger charge is 2.70. The largest absolute Gasteiger partial charge is 0.346 e. The summed E-state index contributed by atoms with van der Waals surface area (Å²) in [6, 6.07) is -4.10. The number of carbonyl (C=O) groups excluding carboxylic acids is 5. The highest BCUT2D eigenvalue weighted by molar-refractivity contribution is 7.89. The van der Waals surface area contributed by atoms with Crippen LogP contribution < -0.4 is 21.3 Å². The minimum atomic E-state index is -3.39. The van der Waals surface area contributed by atoms with Gasteiger partial charge in [-0.15, -0.1) is 6.58 Å². The molecule has 1 saturated carbocycles. The lowest BCUT2D eigenvalue weighted by Gasteiger charge is -2.39. The molecule has 0 aromatic rings. The van der Waals surface area contributed by atoms with Crippen molar-refractivity contribution in [1.29, 1.82) is 0 Å². The fraction of sp³-hybridized carbons (Fsp3) is 0.794. The fourth-order valence-electron chi connectivity index (χ4n) is 6.94. The van der Waals surface area contributed by atoms with Gasteiger partial charge in [0, 0.05) is 32.2 Å². The molecule has 0 aromatic carbocycles. The molecule has 3 fully saturated rings. The van der Waals surface area contributed by atoms with Gasteiger partial charge in [-0.05, 0) is 40.9 Å². The van der Waals surface area contributed by atoms with Crippen molar-refractivity contribution in [3.63, 3.8) is 0 Å². The molecule has 2 saturated heterocycles. The van der Waals surface area contributed by atoms with E-state index in [1.165, 1.54) is 15.3 Å². The van der Waals surface area contributed by atoms with Gasteiger partial charge in [0.15, 0.2) is 0 Å². The molecule has 5 amide bonds. The summed E-state index contributed by atoms with van der Waals surface area (Å²) in [7, 11) is -3.39. The molecule has 1 aliphatic carbocycles. The summed E-state index contributed by atoms with van der Waals surface area (Å²) in [5, 5.41) is 11.1. The molecule has 0 radical (unpaired) electrons. The number of fused-ring (bicyclic) bond motifs is 1. The van der Waals surface area contributed by atoms with E-state index in [-0.39, 0.29) is 42.5 Å². The van der Waals surface area contributed by atoms with Gasteiger partial charge in [-0.25, -0.2) is 13.2 Å². The summed E-state index contributed by atoms with van der Waals surface area (Å²) in [6.07, 6.45) is 3.64. The Morgan fingerprint density at radius 2 is 1.65 bits per heavy atom. The second-order valence-electron chi connectivity index (χ2n) is 16.3. The number of likely N-dealkylation sites (tertiary alicyclic amines) is 1. The van der Waals surface area contributed by atoms with E-state index in [0.29, 0.717) is 25.9 Å². The number of unbranched alkanes of at least 4 members (excludes halogenated alkanes) is 1. The Morgan fingerprint density at radius 3 is 2.17 bits per heavy atom. The molecule has 6 atom stereocenters. The predicted octanol–water partition coefficient (Wildman–Crippen LogP) is 2.18. The van der Waals surface area contributed by atoms with Gasteiger partial charge in [0.05, 0.1) is 11.8 Å². The summed E-state index contributed by atoms with van der Waals surface area (Å²) in [6.45, 7) is 21.7. The minimum absolute atomic E-state index is 0.0556. The van der Waals surface area contributed by atoms with E-state index < -0.39 is 74.6 Å². The van der Waals surface area contributed by atoms with Crippen LogP contribution in [0.25, 0.3) is 0 Å². The third-order valence-corrected chi connectivity index (χ3v) is 12.1. The number of sulfonamides is 1. The van der Waals surface area contributed by atoms with E-state index in [2.05, 4.69) is 27.8 Å². The van der Waals surface area contributed by atoms with Crippen LogP contribution in [0.15, 0.2) is 12.7 Å². The summed E-state index contributed by atoms with van der Waals surface area (Å²) in [4.78, 5) is 69.0. The number of piperidine rings is 1. The van der Waals surface area contributed by atoms with Crippen molar-refractivity contribution in [2.75, 3.05) is 31.9 Å². The molecular weight excluding hydrogens is 636 g/mol. The van der Waals surface area contributed by atoms with Gasteiger partial charge in [0.25, 0.3) is 5.91 Å². The van der Waals surface area contributed by atoms with Gasteiger partial charge in [-0.2, -0.15) is 4.31 Å². The number of Topliss-reactive ketones (excluding diaryl/α,β-unsaturated/α-hetero) is 1. The van der Waals surface area contributed by atoms with Crippen LogP contribution in [0.1, 0.15) is 88.0 Å². The van der Waals surface area contributed by atoms with Crippen molar-refractivity contribution in [2.24, 2.45) is 28.1 Å². The lowest BCUT2D eigenvalue weighted by molar-refractivity contribution is -0.145. The molecule has 0 aromatic heterocycles. The average molecular weight is 695 g/mol. The summed E-state index contributed by atoms with van der Waals surface area (Å²) in [5.74, 6) is -2.49. The van der Waals surface area contributed by atoms with Crippen LogP contribution in [0.5, 0.6) is 0 Å². The summed E-state index contributed by atoms with van der Waals surface area (Å²) >= 11 is 0. The van der Waals surface area contributed by atoms with Crippen LogP contribution in [0.3, 0.4) is 0 Å². The summed E-state index contributed by atoms with van der Waals surface area (Å²) in [5.41, 5.74) is -1.45. The Labute approximate surface area is 286 Å². The smallest absolute Gasteiger partial charge is 0.315 e. The molecule has 48 heavy (non-hydrogen) atoms. The molecule has 13 nitrogen and oxygen atoms in total. The molecule has 272 valence electrons. The standard InChI is InChI=1S/C34H58N6O7S/c1-11-13-15-22(26(41)29(43)35-16-12-2)36-28(42)25-24-21(34(24,9)10)19-40(25)30(44)27(33(6,7)8)38-31(45)37-23(32(3,4)5)20-39-17-14-18-48(39,46)47/h12,21-25,27H,2,11,13-20H2,1,3-10H3,(H,35,43)(H,36,42)(H2,37,38,45)/t21?,22?,23-,24+,25+,27-/m1/s1. The number of carbonyl (C=O) groups is 5. The molecule has 0 bridgehead atoms. The van der Waals surface area contributed by atoms with E-state index in [1.807, 2.05) is 62.3 Å². The van der Waals surface area contributed by atoms with Crippen molar-refractivity contribution in [1.82, 2.24) is 30.5 Å². The molecule has 0 spiro atoms. The normalized spacial score (nSPS) is 24.9. The Balaban J connectivity index is 1.83. The van der Waals surface area contributed by atoms with Crippen LogP contribution in [0, 0.1) is 28.1 Å². The van der Waals surface area contributed by atoms with E-state index in [0.717, 1.165) is 6.42 Å². The second-order valence-corrected chi connectivity index (χ2v) is 18.4. The zero-order chi connectivity index (χ0) is 36.4. The first kappa shape index (κ1) is 39.4. The van der Waals surface area contributed by atoms with E-state index in [1.54, 1.807) is 0 Å². The van der Waals surface area contributed by atoms with Crippen molar-refractivity contribution in [3.8, 4) is 0 Å². The van der Waals surface area contributed by atoms with Gasteiger partial charge >= 0.3 is 6.03 Å². The van der Waals surface area contributed by atoms with E-state index >= 15 is 0 Å². The highest BCUT2D eigenvalue weighted by atomic mass is 32.2. The van der Waals surface area contributed by atoms with Crippen LogP contribution in [-0.4, -0.2) is 103 Å². The molecule has 4 N–H and O–H groups in total. The van der Waals surface area contributed by atoms with E-state index in [4.69, 9.17) is 0 Å². The number of ketones is 1. The maximum Gasteiger partial charge on any atom is 0.315 e. The third kappa shape index (κ3) is 8.96. The SMILES string of the molecule is C=CCNC(=O)C(=O)C(CCCC)NC(=O)[C@@H]1[C@@H]2C(CN1C(=O)[C@@H](NC(=O)N[C@H](CN1CCCS1(=O)=O)C(C)(C)C)C(C)(C)C)C2(C)C. The zero-order valence-electron chi connectivity index (χ0n) is 30.3. The second kappa shape index (κ2) is 14.9. The van der Waals surface area contributed by atoms with Gasteiger partial charge in [-0.1, -0.05) is 81.2 Å². The minimum Gasteiger partial charge on any atom is -0.346 e. The molecule has 14 heteroatoms. The van der Waals surface area contributed by atoms with Crippen molar-refractivity contribution < 1.29 is 32.4 Å². The Morgan fingerprint density at radius 1 is 1.00 bits per heavy atom. The first-order chi connectivity index (χ1) is 22.1. The quantitative estimate of drug-likeness (QED) is 0.159.